The van der Waals surface area contributed by atoms with Crippen molar-refractivity contribution in [1.29, 1.82) is 0 Å². The summed E-state index contributed by atoms with van der Waals surface area (Å²) in [4.78, 5) is 0. The lowest BCUT2D eigenvalue weighted by Crippen LogP contribution is -1.87. The number of hydrogen-bond donors (Lipinski definition) is 2. The van der Waals surface area contributed by atoms with E-state index in [0.29, 0.717) is 11.3 Å². The van der Waals surface area contributed by atoms with Crippen LogP contribution in [0.25, 0.3) is 11.3 Å². The molecule has 0 spiro atoms. The third-order valence-corrected chi connectivity index (χ3v) is 2.04. The van der Waals surface area contributed by atoms with Gasteiger partial charge in [-0.25, -0.2) is 4.39 Å². The van der Waals surface area contributed by atoms with Crippen LogP contribution in [0.2, 0.25) is 0 Å². The van der Waals surface area contributed by atoms with Gasteiger partial charge in [0.1, 0.15) is 17.2 Å². The maximum Gasteiger partial charge on any atom is 0.192 e. The van der Waals surface area contributed by atoms with E-state index in [2.05, 4.69) is 10.2 Å². The number of H-pyrrole nitrogens is 1. The van der Waals surface area contributed by atoms with Crippen molar-refractivity contribution in [1.82, 2.24) is 10.2 Å². The van der Waals surface area contributed by atoms with Crippen molar-refractivity contribution in [3.8, 4) is 11.3 Å². The molecule has 0 fully saturated rings. The van der Waals surface area contributed by atoms with E-state index in [9.17, 15) is 4.39 Å². The van der Waals surface area contributed by atoms with Crippen LogP contribution in [0.1, 0.15) is 11.5 Å². The number of halogens is 1. The van der Waals surface area contributed by atoms with Gasteiger partial charge in [-0.3, -0.25) is 5.10 Å². The summed E-state index contributed by atoms with van der Waals surface area (Å²) in [5, 5.41) is 6.11. The topological polar surface area (TPSA) is 67.8 Å². The van der Waals surface area contributed by atoms with Crippen molar-refractivity contribution in [3.05, 3.63) is 23.4 Å². The number of aromatic nitrogens is 2. The fourth-order valence-electron chi connectivity index (χ4n) is 1.40. The molecule has 0 atom stereocenters. The third-order valence-electron chi connectivity index (χ3n) is 2.04. The Bertz CT molecular complexity index is 472. The first-order chi connectivity index (χ1) is 6.59. The minimum atomic E-state index is -0.533. The van der Waals surface area contributed by atoms with E-state index >= 15 is 0 Å². The Labute approximate surface area is 79.9 Å². The maximum absolute atomic E-state index is 13.4. The molecule has 0 aliphatic carbocycles. The van der Waals surface area contributed by atoms with Crippen LogP contribution in [-0.2, 0) is 0 Å². The molecule has 2 aromatic rings. The lowest BCUT2D eigenvalue weighted by molar-refractivity contribution is 0.505. The molecule has 0 amide bonds. The van der Waals surface area contributed by atoms with Gasteiger partial charge in [0, 0.05) is 5.56 Å². The average Bonchev–Trinajstić information content (AvgIpc) is 2.59. The maximum atomic E-state index is 13.4. The minimum absolute atomic E-state index is 0.127. The predicted octanol–water partition coefficient (Wildman–Crippen LogP) is 2.01. The number of nitrogens with two attached hydrogens (primary N) is 1. The van der Waals surface area contributed by atoms with E-state index in [-0.39, 0.29) is 11.5 Å². The molecule has 0 aliphatic rings. The van der Waals surface area contributed by atoms with Gasteiger partial charge in [0.2, 0.25) is 0 Å². The summed E-state index contributed by atoms with van der Waals surface area (Å²) in [5.74, 6) is 0.710. The second-order valence-electron chi connectivity index (χ2n) is 3.12. The Kier molecular flexibility index (Phi) is 1.80. The van der Waals surface area contributed by atoms with Gasteiger partial charge in [0.25, 0.3) is 0 Å². The van der Waals surface area contributed by atoms with Crippen LogP contribution in [-0.4, -0.2) is 10.2 Å². The summed E-state index contributed by atoms with van der Waals surface area (Å²) in [6.07, 6.45) is 0. The molecule has 5 heteroatoms. The Hall–Kier alpha value is -1.78. The van der Waals surface area contributed by atoms with Crippen molar-refractivity contribution in [2.45, 2.75) is 13.8 Å². The molecule has 0 saturated heterocycles. The Morgan fingerprint density at radius 1 is 1.50 bits per heavy atom. The number of nitrogen functional groups attached to an aromatic ring is 1. The van der Waals surface area contributed by atoms with Gasteiger partial charge in [-0.2, -0.15) is 5.10 Å². The van der Waals surface area contributed by atoms with Gasteiger partial charge < -0.3 is 10.2 Å². The first-order valence-corrected chi connectivity index (χ1v) is 4.16. The zero-order valence-electron chi connectivity index (χ0n) is 7.89. The average molecular weight is 195 g/mol. The number of anilines is 1. The second-order valence-corrected chi connectivity index (χ2v) is 3.12. The summed E-state index contributed by atoms with van der Waals surface area (Å²) in [5.41, 5.74) is 6.22. The van der Waals surface area contributed by atoms with E-state index in [1.807, 2.05) is 0 Å². The molecule has 0 aliphatic heterocycles. The van der Waals surface area contributed by atoms with Crippen LogP contribution in [0.5, 0.6) is 0 Å². The smallest absolute Gasteiger partial charge is 0.192 e. The highest BCUT2D eigenvalue weighted by Gasteiger charge is 2.16. The van der Waals surface area contributed by atoms with Crippen molar-refractivity contribution >= 4 is 5.82 Å². The Morgan fingerprint density at radius 3 is 2.64 bits per heavy atom. The Balaban J connectivity index is 2.59. The summed E-state index contributed by atoms with van der Waals surface area (Å²) in [6, 6.07) is 1.74. The summed E-state index contributed by atoms with van der Waals surface area (Å²) in [7, 11) is 0. The molecular formula is C9H10FN3O. The summed E-state index contributed by atoms with van der Waals surface area (Å²) in [6.45, 7) is 3.56. The zero-order chi connectivity index (χ0) is 10.3. The van der Waals surface area contributed by atoms with Crippen LogP contribution in [0.15, 0.2) is 10.5 Å². The zero-order valence-corrected chi connectivity index (χ0v) is 7.89. The van der Waals surface area contributed by atoms with Gasteiger partial charge in [-0.15, -0.1) is 0 Å². The SMILES string of the molecule is Cc1cc(-c2[nH]nc(N)c2F)c(C)o1. The molecule has 0 bridgehead atoms. The quantitative estimate of drug-likeness (QED) is 0.731. The molecule has 2 heterocycles. The van der Waals surface area contributed by atoms with Crippen molar-refractivity contribution < 1.29 is 8.81 Å². The highest BCUT2D eigenvalue weighted by Crippen LogP contribution is 2.28. The molecule has 0 aromatic carbocycles. The number of rotatable bonds is 1. The molecule has 14 heavy (non-hydrogen) atoms. The number of aryl methyl sites for hydroxylation is 2. The van der Waals surface area contributed by atoms with Gasteiger partial charge >= 0.3 is 0 Å². The molecule has 0 unspecified atom stereocenters. The van der Waals surface area contributed by atoms with E-state index in [1.165, 1.54) is 0 Å². The minimum Gasteiger partial charge on any atom is -0.466 e. The number of nitrogens with one attached hydrogen (secondary N) is 1. The van der Waals surface area contributed by atoms with Crippen LogP contribution in [0.3, 0.4) is 0 Å². The molecule has 3 N–H and O–H groups in total. The van der Waals surface area contributed by atoms with Crippen LogP contribution in [0, 0.1) is 19.7 Å². The molecular weight excluding hydrogens is 185 g/mol. The normalized spacial score (nSPS) is 10.8. The standard InChI is InChI=1S/C9H10FN3O/c1-4-3-6(5(2)14-4)8-7(10)9(11)13-12-8/h3H,1-2H3,(H3,11,12,13). The molecule has 2 rings (SSSR count). The van der Waals surface area contributed by atoms with Gasteiger partial charge in [-0.05, 0) is 19.9 Å². The molecule has 2 aromatic heterocycles. The van der Waals surface area contributed by atoms with Crippen molar-refractivity contribution in [2.24, 2.45) is 0 Å². The predicted molar refractivity (Wildman–Crippen MR) is 50.1 cm³/mol. The van der Waals surface area contributed by atoms with Crippen LogP contribution < -0.4 is 5.73 Å². The lowest BCUT2D eigenvalue weighted by atomic mass is 10.2. The van der Waals surface area contributed by atoms with Crippen LogP contribution >= 0.6 is 0 Å². The summed E-state index contributed by atoms with van der Waals surface area (Å²) < 4.78 is 18.7. The highest BCUT2D eigenvalue weighted by atomic mass is 19.1. The van der Waals surface area contributed by atoms with E-state index < -0.39 is 5.82 Å². The monoisotopic (exact) mass is 195 g/mol. The van der Waals surface area contributed by atoms with E-state index in [1.54, 1.807) is 19.9 Å². The second kappa shape index (κ2) is 2.87. The van der Waals surface area contributed by atoms with Crippen molar-refractivity contribution in [2.75, 3.05) is 5.73 Å². The highest BCUT2D eigenvalue weighted by molar-refractivity contribution is 5.65. The molecule has 74 valence electrons. The molecule has 0 radical (unpaired) electrons. The third kappa shape index (κ3) is 1.17. The fraction of sp³-hybridized carbons (Fsp3) is 0.222. The van der Waals surface area contributed by atoms with Gasteiger partial charge in [-0.1, -0.05) is 0 Å². The number of furan rings is 1. The fourth-order valence-corrected chi connectivity index (χ4v) is 1.40. The Morgan fingerprint density at radius 2 is 2.21 bits per heavy atom. The van der Waals surface area contributed by atoms with Crippen molar-refractivity contribution in [3.63, 3.8) is 0 Å². The van der Waals surface area contributed by atoms with Gasteiger partial charge in [0.15, 0.2) is 11.6 Å². The molecule has 0 saturated carbocycles. The number of aromatic amines is 1. The van der Waals surface area contributed by atoms with E-state index in [0.717, 1.165) is 5.76 Å². The van der Waals surface area contributed by atoms with Gasteiger partial charge in [0.05, 0.1) is 0 Å². The summed E-state index contributed by atoms with van der Waals surface area (Å²) >= 11 is 0. The molecule has 4 nitrogen and oxygen atoms in total. The largest absolute Gasteiger partial charge is 0.466 e. The first kappa shape index (κ1) is 8.80. The van der Waals surface area contributed by atoms with Crippen LogP contribution in [0.4, 0.5) is 10.2 Å². The number of hydrogen-bond acceptors (Lipinski definition) is 3. The first-order valence-electron chi connectivity index (χ1n) is 4.16. The number of nitrogens with zero attached hydrogens (tertiary/aromatic N) is 1. The van der Waals surface area contributed by atoms with E-state index in [4.69, 9.17) is 10.2 Å². The lowest BCUT2D eigenvalue weighted by Gasteiger charge is -1.92.